The minimum atomic E-state index is -0.996. The highest BCUT2D eigenvalue weighted by molar-refractivity contribution is 6.45. The minimum Gasteiger partial charge on any atom is -0.493 e. The quantitative estimate of drug-likeness (QED) is 0.402. The molecular weight excluding hydrogens is 366 g/mol. The minimum absolute atomic E-state index is 0.0766. The van der Waals surface area contributed by atoms with Crippen LogP contribution in [0.25, 0.3) is 0 Å². The first-order valence-corrected chi connectivity index (χ1v) is 8.71. The molecule has 9 heteroatoms. The highest BCUT2D eigenvalue weighted by atomic mass is 16.5. The number of carbonyl (C=O) groups is 4. The zero-order chi connectivity index (χ0) is 20.4. The lowest BCUT2D eigenvalue weighted by Gasteiger charge is -2.30. The first kappa shape index (κ1) is 19.4. The van der Waals surface area contributed by atoms with E-state index in [4.69, 9.17) is 9.47 Å². The molecule has 9 nitrogen and oxygen atoms in total. The second-order valence-corrected chi connectivity index (χ2v) is 6.42. The molecule has 0 aromatic heterocycles. The average molecular weight is 387 g/mol. The molecule has 2 aliphatic heterocycles. The van der Waals surface area contributed by atoms with Crippen molar-refractivity contribution in [3.63, 3.8) is 0 Å². The van der Waals surface area contributed by atoms with Gasteiger partial charge in [-0.25, -0.2) is 9.69 Å². The standard InChI is InChI=1S/C19H21N3O6/c1-4-6-21-17(24)18(25)22(19(21)26)11-16(23)20-7-5-12-8-14(27-2)15(28-3)9-13(12)10-20/h4,8-9H,1,5-7,10-11H2,2-3H3. The van der Waals surface area contributed by atoms with Gasteiger partial charge in [0.2, 0.25) is 5.91 Å². The van der Waals surface area contributed by atoms with E-state index in [2.05, 4.69) is 6.58 Å². The van der Waals surface area contributed by atoms with Crippen LogP contribution in [0.2, 0.25) is 0 Å². The van der Waals surface area contributed by atoms with Crippen LogP contribution >= 0.6 is 0 Å². The summed E-state index contributed by atoms with van der Waals surface area (Å²) in [5, 5.41) is 0. The van der Waals surface area contributed by atoms with Crippen LogP contribution in [0.5, 0.6) is 11.5 Å². The molecule has 148 valence electrons. The van der Waals surface area contributed by atoms with E-state index in [0.717, 1.165) is 16.0 Å². The van der Waals surface area contributed by atoms with Crippen molar-refractivity contribution in [3.05, 3.63) is 35.9 Å². The van der Waals surface area contributed by atoms with Crippen molar-refractivity contribution in [2.75, 3.05) is 33.9 Å². The predicted octanol–water partition coefficient (Wildman–Crippen LogP) is 0.565. The van der Waals surface area contributed by atoms with Crippen molar-refractivity contribution in [1.82, 2.24) is 14.7 Å². The molecule has 0 atom stereocenters. The summed E-state index contributed by atoms with van der Waals surface area (Å²) in [5.41, 5.74) is 1.95. The summed E-state index contributed by atoms with van der Waals surface area (Å²) in [5.74, 6) is -1.17. The largest absolute Gasteiger partial charge is 0.493 e. The summed E-state index contributed by atoms with van der Waals surface area (Å²) in [7, 11) is 3.09. The zero-order valence-corrected chi connectivity index (χ0v) is 15.8. The molecule has 3 rings (SSSR count). The van der Waals surface area contributed by atoms with E-state index >= 15 is 0 Å². The van der Waals surface area contributed by atoms with Crippen LogP contribution in [0.4, 0.5) is 4.79 Å². The number of rotatable bonds is 6. The predicted molar refractivity (Wildman–Crippen MR) is 97.7 cm³/mol. The molecule has 0 aliphatic carbocycles. The maximum absolute atomic E-state index is 12.7. The fourth-order valence-electron chi connectivity index (χ4n) is 3.31. The molecule has 2 heterocycles. The molecule has 28 heavy (non-hydrogen) atoms. The molecule has 2 aliphatic rings. The molecule has 5 amide bonds. The molecule has 0 bridgehead atoms. The summed E-state index contributed by atoms with van der Waals surface area (Å²) in [6, 6.07) is 2.90. The third kappa shape index (κ3) is 3.30. The SMILES string of the molecule is C=CCN1C(=O)C(=O)N(CC(=O)N2CCc3cc(OC)c(OC)cc3C2)C1=O. The van der Waals surface area contributed by atoms with Crippen molar-refractivity contribution in [1.29, 1.82) is 0 Å². The van der Waals surface area contributed by atoms with E-state index in [1.54, 1.807) is 12.0 Å². The van der Waals surface area contributed by atoms with Crippen LogP contribution in [-0.2, 0) is 27.3 Å². The molecule has 0 unspecified atom stereocenters. The van der Waals surface area contributed by atoms with E-state index in [1.807, 2.05) is 12.1 Å². The van der Waals surface area contributed by atoms with Crippen LogP contribution in [0.1, 0.15) is 11.1 Å². The summed E-state index contributed by atoms with van der Waals surface area (Å²) < 4.78 is 10.6. The van der Waals surface area contributed by atoms with Gasteiger partial charge in [-0.2, -0.15) is 0 Å². The maximum Gasteiger partial charge on any atom is 0.335 e. The Labute approximate surface area is 162 Å². The molecule has 1 aromatic carbocycles. The molecule has 1 saturated heterocycles. The van der Waals surface area contributed by atoms with Crippen LogP contribution in [0.15, 0.2) is 24.8 Å². The van der Waals surface area contributed by atoms with Gasteiger partial charge >= 0.3 is 17.8 Å². The van der Waals surface area contributed by atoms with Gasteiger partial charge in [-0.15, -0.1) is 6.58 Å². The fraction of sp³-hybridized carbons (Fsp3) is 0.368. The highest BCUT2D eigenvalue weighted by Gasteiger charge is 2.45. The van der Waals surface area contributed by atoms with Gasteiger partial charge in [0.25, 0.3) is 0 Å². The van der Waals surface area contributed by atoms with Crippen molar-refractivity contribution < 1.29 is 28.7 Å². The third-order valence-electron chi connectivity index (χ3n) is 4.81. The van der Waals surface area contributed by atoms with E-state index in [-0.39, 0.29) is 6.54 Å². The van der Waals surface area contributed by atoms with Crippen LogP contribution < -0.4 is 9.47 Å². The molecule has 1 fully saturated rings. The van der Waals surface area contributed by atoms with Gasteiger partial charge in [-0.05, 0) is 29.7 Å². The van der Waals surface area contributed by atoms with Crippen molar-refractivity contribution in [2.45, 2.75) is 13.0 Å². The Morgan fingerprint density at radius 3 is 2.29 bits per heavy atom. The monoisotopic (exact) mass is 387 g/mol. The van der Waals surface area contributed by atoms with Crippen molar-refractivity contribution in [2.24, 2.45) is 0 Å². The van der Waals surface area contributed by atoms with Gasteiger partial charge in [0.1, 0.15) is 6.54 Å². The van der Waals surface area contributed by atoms with Gasteiger partial charge in [-0.3, -0.25) is 19.3 Å². The van der Waals surface area contributed by atoms with Crippen molar-refractivity contribution in [3.8, 4) is 11.5 Å². The first-order valence-electron chi connectivity index (χ1n) is 8.71. The van der Waals surface area contributed by atoms with E-state index in [1.165, 1.54) is 13.2 Å². The number of hydrogen-bond donors (Lipinski definition) is 0. The first-order chi connectivity index (χ1) is 13.4. The number of fused-ring (bicyclic) bond motifs is 1. The Hall–Kier alpha value is -3.36. The lowest BCUT2D eigenvalue weighted by Crippen LogP contribution is -2.45. The van der Waals surface area contributed by atoms with E-state index in [0.29, 0.717) is 35.9 Å². The summed E-state index contributed by atoms with van der Waals surface area (Å²) in [6.45, 7) is 3.65. The normalized spacial score (nSPS) is 16.4. The highest BCUT2D eigenvalue weighted by Crippen LogP contribution is 2.33. The summed E-state index contributed by atoms with van der Waals surface area (Å²) in [4.78, 5) is 51.9. The second kappa shape index (κ2) is 7.71. The second-order valence-electron chi connectivity index (χ2n) is 6.42. The average Bonchev–Trinajstić information content (AvgIpc) is 2.90. The number of methoxy groups -OCH3 is 2. The van der Waals surface area contributed by atoms with Crippen molar-refractivity contribution >= 4 is 23.8 Å². The molecular formula is C19H21N3O6. The zero-order valence-electron chi connectivity index (χ0n) is 15.8. The number of nitrogens with zero attached hydrogens (tertiary/aromatic N) is 3. The van der Waals surface area contributed by atoms with E-state index < -0.39 is 30.3 Å². The smallest absolute Gasteiger partial charge is 0.335 e. The van der Waals surface area contributed by atoms with E-state index in [9.17, 15) is 19.2 Å². The number of amides is 5. The van der Waals surface area contributed by atoms with Gasteiger partial charge in [0.05, 0.1) is 14.2 Å². The Morgan fingerprint density at radius 2 is 1.68 bits per heavy atom. The molecule has 0 radical (unpaired) electrons. The van der Waals surface area contributed by atoms with Gasteiger partial charge < -0.3 is 14.4 Å². The number of benzene rings is 1. The number of ether oxygens (including phenoxy) is 2. The molecule has 0 N–H and O–H groups in total. The van der Waals surface area contributed by atoms with Gasteiger partial charge in [0.15, 0.2) is 11.5 Å². The van der Waals surface area contributed by atoms with Crippen LogP contribution in [0, 0.1) is 0 Å². The molecule has 1 aromatic rings. The molecule has 0 spiro atoms. The lowest BCUT2D eigenvalue weighted by molar-refractivity contribution is -0.144. The van der Waals surface area contributed by atoms with Gasteiger partial charge in [-0.1, -0.05) is 6.08 Å². The third-order valence-corrected chi connectivity index (χ3v) is 4.81. The van der Waals surface area contributed by atoms with Gasteiger partial charge in [0, 0.05) is 19.6 Å². The molecule has 0 saturated carbocycles. The Morgan fingerprint density at radius 1 is 1.07 bits per heavy atom. The Balaban J connectivity index is 1.73. The summed E-state index contributed by atoms with van der Waals surface area (Å²) in [6.07, 6.45) is 1.95. The number of urea groups is 1. The number of carbonyl (C=O) groups excluding carboxylic acids is 4. The van der Waals surface area contributed by atoms with Crippen LogP contribution in [0.3, 0.4) is 0 Å². The number of hydrogen-bond acceptors (Lipinski definition) is 6. The summed E-state index contributed by atoms with van der Waals surface area (Å²) >= 11 is 0. The Bertz CT molecular complexity index is 865. The number of imide groups is 2. The Kier molecular flexibility index (Phi) is 5.34. The maximum atomic E-state index is 12.7. The topological polar surface area (TPSA) is 96.5 Å². The fourth-order valence-corrected chi connectivity index (χ4v) is 3.31. The van der Waals surface area contributed by atoms with Crippen LogP contribution in [-0.4, -0.2) is 72.3 Å². The lowest BCUT2D eigenvalue weighted by atomic mass is 9.98.